The van der Waals surface area contributed by atoms with Gasteiger partial charge < -0.3 is 14.7 Å². The van der Waals surface area contributed by atoms with Crippen molar-refractivity contribution in [3.05, 3.63) is 28.8 Å². The molecule has 1 unspecified atom stereocenters. The van der Waals surface area contributed by atoms with Crippen LogP contribution in [0.25, 0.3) is 0 Å². The molecule has 1 aromatic carbocycles. The summed E-state index contributed by atoms with van der Waals surface area (Å²) in [4.78, 5) is 14.3. The average Bonchev–Trinajstić information content (AvgIpc) is 2.93. The van der Waals surface area contributed by atoms with Crippen molar-refractivity contribution in [3.8, 4) is 5.75 Å². The highest BCUT2D eigenvalue weighted by Gasteiger charge is 2.36. The first-order chi connectivity index (χ1) is 12.9. The fraction of sp³-hybridized carbons (Fsp3) is 0.667. The number of unbranched alkanes of at least 4 members (excludes halogenated alkanes) is 1. The molecule has 0 bridgehead atoms. The second kappa shape index (κ2) is 8.55. The van der Waals surface area contributed by atoms with Crippen LogP contribution in [0.3, 0.4) is 0 Å². The third-order valence-electron chi connectivity index (χ3n) is 5.92. The van der Waals surface area contributed by atoms with Gasteiger partial charge in [0.05, 0.1) is 18.3 Å². The lowest BCUT2D eigenvalue weighted by Crippen LogP contribution is -2.33. The molecule has 0 spiro atoms. The monoisotopic (exact) mass is 381 g/mol. The van der Waals surface area contributed by atoms with Gasteiger partial charge >= 0.3 is 0 Å². The van der Waals surface area contributed by atoms with E-state index in [1.54, 1.807) is 4.90 Å². The molecule has 1 amide bonds. The van der Waals surface area contributed by atoms with Crippen molar-refractivity contribution in [2.24, 2.45) is 11.8 Å². The summed E-state index contributed by atoms with van der Waals surface area (Å²) in [7, 11) is 0. The summed E-state index contributed by atoms with van der Waals surface area (Å²) in [6.07, 6.45) is 5.02. The third-order valence-corrected chi connectivity index (χ3v) is 5.92. The molecule has 0 saturated heterocycles. The number of carbonyl (C=O) groups excluding carboxylic acids is 1. The molecule has 1 fully saturated rings. The van der Waals surface area contributed by atoms with Crippen LogP contribution < -0.4 is 4.74 Å². The highest BCUT2D eigenvalue weighted by atomic mass is 19.1. The first-order valence-electron chi connectivity index (χ1n) is 10.0. The number of fused-ring (bicyclic) bond motifs is 1. The van der Waals surface area contributed by atoms with Crippen LogP contribution in [0.1, 0.15) is 68.3 Å². The quantitative estimate of drug-likeness (QED) is 0.717. The van der Waals surface area contributed by atoms with Gasteiger partial charge in [0.1, 0.15) is 0 Å². The van der Waals surface area contributed by atoms with Crippen LogP contribution in [0.15, 0.2) is 6.07 Å². The Morgan fingerprint density at radius 3 is 2.63 bits per heavy atom. The number of rotatable bonds is 7. The minimum Gasteiger partial charge on any atom is -0.488 e. The minimum absolute atomic E-state index is 0.0411. The Balaban J connectivity index is 1.67. The van der Waals surface area contributed by atoms with Crippen molar-refractivity contribution in [1.82, 2.24) is 4.90 Å². The first kappa shape index (κ1) is 20.1. The van der Waals surface area contributed by atoms with E-state index in [0.29, 0.717) is 30.4 Å². The summed E-state index contributed by atoms with van der Waals surface area (Å²) in [6, 6.07) is 1.24. The summed E-state index contributed by atoms with van der Waals surface area (Å²) >= 11 is 0. The molecule has 0 radical (unpaired) electrons. The highest BCUT2D eigenvalue weighted by Crippen LogP contribution is 2.36. The standard InChI is InChI=1S/C21H29F2NO3/c1-3-4-9-27-20-17(22)10-16-12-24(21(26)18(16)19(20)23)11-14-5-7-15(8-6-14)13(2)25/h10,13-15,25H,3-9,11-12H2,1-2H3/t13?,14-,15-. The lowest BCUT2D eigenvalue weighted by molar-refractivity contribution is 0.0645. The van der Waals surface area contributed by atoms with Gasteiger partial charge in [-0.1, -0.05) is 13.3 Å². The summed E-state index contributed by atoms with van der Waals surface area (Å²) in [5, 5.41) is 9.71. The molecular formula is C21H29F2NO3. The number of nitrogens with zero attached hydrogens (tertiary/aromatic N) is 1. The van der Waals surface area contributed by atoms with Crippen LogP contribution in [-0.4, -0.2) is 35.2 Å². The summed E-state index contributed by atoms with van der Waals surface area (Å²) in [5.41, 5.74) is 0.357. The lowest BCUT2D eigenvalue weighted by Gasteiger charge is -2.32. The second-order valence-corrected chi connectivity index (χ2v) is 7.94. The molecule has 1 N–H and O–H groups in total. The predicted octanol–water partition coefficient (Wildman–Crippen LogP) is 4.29. The molecule has 3 rings (SSSR count). The zero-order chi connectivity index (χ0) is 19.6. The van der Waals surface area contributed by atoms with E-state index in [1.165, 1.54) is 6.07 Å². The molecule has 150 valence electrons. The Morgan fingerprint density at radius 2 is 2.00 bits per heavy atom. The maximum absolute atomic E-state index is 14.8. The molecule has 27 heavy (non-hydrogen) atoms. The number of hydrogen-bond donors (Lipinski definition) is 1. The fourth-order valence-corrected chi connectivity index (χ4v) is 4.20. The number of aliphatic hydroxyl groups excluding tert-OH is 1. The normalized spacial score (nSPS) is 23.4. The molecule has 6 heteroatoms. The first-order valence-corrected chi connectivity index (χ1v) is 10.0. The fourth-order valence-electron chi connectivity index (χ4n) is 4.20. The van der Waals surface area contributed by atoms with Gasteiger partial charge in [-0.15, -0.1) is 0 Å². The third kappa shape index (κ3) is 4.26. The second-order valence-electron chi connectivity index (χ2n) is 7.94. The number of aliphatic hydroxyl groups is 1. The van der Waals surface area contributed by atoms with Crippen LogP contribution in [0, 0.1) is 23.5 Å². The van der Waals surface area contributed by atoms with E-state index < -0.39 is 17.4 Å². The van der Waals surface area contributed by atoms with Gasteiger partial charge in [-0.2, -0.15) is 0 Å². The number of carbonyl (C=O) groups is 1. The molecule has 4 nitrogen and oxygen atoms in total. The smallest absolute Gasteiger partial charge is 0.257 e. The Morgan fingerprint density at radius 1 is 1.30 bits per heavy atom. The van der Waals surface area contributed by atoms with E-state index in [2.05, 4.69) is 0 Å². The van der Waals surface area contributed by atoms with Gasteiger partial charge in [-0.3, -0.25) is 4.79 Å². The molecule has 1 atom stereocenters. The zero-order valence-electron chi connectivity index (χ0n) is 16.1. The minimum atomic E-state index is -0.869. The predicted molar refractivity (Wildman–Crippen MR) is 98.6 cm³/mol. The van der Waals surface area contributed by atoms with Crippen molar-refractivity contribution in [2.75, 3.05) is 13.2 Å². The van der Waals surface area contributed by atoms with Gasteiger partial charge in [-0.05, 0) is 62.5 Å². The highest BCUT2D eigenvalue weighted by molar-refractivity contribution is 5.99. The topological polar surface area (TPSA) is 49.8 Å². The van der Waals surface area contributed by atoms with Crippen molar-refractivity contribution < 1.29 is 23.4 Å². The number of amides is 1. The van der Waals surface area contributed by atoms with Gasteiger partial charge in [0.15, 0.2) is 17.4 Å². The molecular weight excluding hydrogens is 352 g/mol. The summed E-state index contributed by atoms with van der Waals surface area (Å²) < 4.78 is 34.3. The van der Waals surface area contributed by atoms with Crippen molar-refractivity contribution >= 4 is 5.91 Å². The molecule has 1 aliphatic heterocycles. The SMILES string of the molecule is CCCCOc1c(F)cc2c(c1F)C(=O)N(C[C@H]1CC[C@H](C(C)O)CC1)C2. The number of ether oxygens (including phenoxy) is 1. The molecule has 1 heterocycles. The lowest BCUT2D eigenvalue weighted by atomic mass is 9.79. The molecule has 2 aliphatic rings. The van der Waals surface area contributed by atoms with Gasteiger partial charge in [0, 0.05) is 13.1 Å². The van der Waals surface area contributed by atoms with Crippen molar-refractivity contribution in [2.45, 2.75) is 65.0 Å². The maximum atomic E-state index is 14.8. The van der Waals surface area contributed by atoms with Crippen LogP contribution >= 0.6 is 0 Å². The molecule has 1 aliphatic carbocycles. The van der Waals surface area contributed by atoms with Crippen LogP contribution in [0.4, 0.5) is 8.78 Å². The van der Waals surface area contributed by atoms with Crippen molar-refractivity contribution in [1.29, 1.82) is 0 Å². The average molecular weight is 381 g/mol. The van der Waals surface area contributed by atoms with Gasteiger partial charge in [0.25, 0.3) is 5.91 Å². The molecule has 1 saturated carbocycles. The van der Waals surface area contributed by atoms with Crippen molar-refractivity contribution in [3.63, 3.8) is 0 Å². The van der Waals surface area contributed by atoms with Gasteiger partial charge in [-0.25, -0.2) is 8.78 Å². The Labute approximate surface area is 159 Å². The zero-order valence-corrected chi connectivity index (χ0v) is 16.1. The van der Waals surface area contributed by atoms with E-state index in [9.17, 15) is 18.7 Å². The number of hydrogen-bond acceptors (Lipinski definition) is 3. The van der Waals surface area contributed by atoms with Crippen LogP contribution in [-0.2, 0) is 6.54 Å². The Kier molecular flexibility index (Phi) is 6.35. The number of halogens is 2. The van der Waals surface area contributed by atoms with E-state index in [0.717, 1.165) is 32.1 Å². The van der Waals surface area contributed by atoms with Crippen LogP contribution in [0.2, 0.25) is 0 Å². The maximum Gasteiger partial charge on any atom is 0.257 e. The van der Waals surface area contributed by atoms with E-state index in [-0.39, 0.29) is 30.7 Å². The van der Waals surface area contributed by atoms with Gasteiger partial charge in [0.2, 0.25) is 0 Å². The largest absolute Gasteiger partial charge is 0.488 e. The molecule has 1 aromatic rings. The Bertz CT molecular complexity index is 684. The summed E-state index contributed by atoms with van der Waals surface area (Å²) in [6.45, 7) is 4.81. The number of benzene rings is 1. The Hall–Kier alpha value is -1.69. The summed E-state index contributed by atoms with van der Waals surface area (Å²) in [5.74, 6) is -1.76. The van der Waals surface area contributed by atoms with Crippen LogP contribution in [0.5, 0.6) is 5.75 Å². The molecule has 0 aromatic heterocycles. The van der Waals surface area contributed by atoms with E-state index in [1.807, 2.05) is 13.8 Å². The van der Waals surface area contributed by atoms with E-state index >= 15 is 0 Å². The van der Waals surface area contributed by atoms with E-state index in [4.69, 9.17) is 4.74 Å².